The number of benzene rings is 2. The summed E-state index contributed by atoms with van der Waals surface area (Å²) >= 11 is 0. The van der Waals surface area contributed by atoms with Gasteiger partial charge in [-0.05, 0) is 53.4 Å². The Balaban J connectivity index is 1.13. The molecule has 2 aliphatic rings. The van der Waals surface area contributed by atoms with E-state index in [1.165, 1.54) is 14.2 Å². The first kappa shape index (κ1) is 39.8. The van der Waals surface area contributed by atoms with Gasteiger partial charge in [-0.1, -0.05) is 94.8 Å². The van der Waals surface area contributed by atoms with E-state index in [-0.39, 0.29) is 35.7 Å². The number of likely N-dealkylation sites (tertiary alicyclic amines) is 1. The number of hydrogen-bond donors (Lipinski definition) is 4. The predicted octanol–water partition coefficient (Wildman–Crippen LogP) is 6.78. The molecule has 2 aromatic carbocycles. The number of nitrogens with zero attached hydrogens (tertiary/aromatic N) is 4. The van der Waals surface area contributed by atoms with Gasteiger partial charge in [-0.25, -0.2) is 19.6 Å². The number of aromatic nitrogens is 4. The van der Waals surface area contributed by atoms with Gasteiger partial charge in [0, 0.05) is 13.1 Å². The van der Waals surface area contributed by atoms with Crippen LogP contribution in [0.4, 0.5) is 9.59 Å². The number of carbonyl (C=O) groups is 4. The molecule has 4 aromatic rings. The number of amides is 4. The third-order valence-electron chi connectivity index (χ3n) is 10.7. The third kappa shape index (κ3) is 8.48. The zero-order chi connectivity index (χ0) is 40.1. The molecule has 2 aliphatic heterocycles. The predicted molar refractivity (Wildman–Crippen MR) is 212 cm³/mol. The van der Waals surface area contributed by atoms with E-state index in [1.54, 1.807) is 22.2 Å². The van der Waals surface area contributed by atoms with Crippen LogP contribution in [-0.2, 0) is 19.1 Å². The number of H-pyrrole nitrogens is 2. The Hall–Kier alpha value is -5.92. The monoisotopic (exact) mass is 764 g/mol. The van der Waals surface area contributed by atoms with Crippen LogP contribution in [0.15, 0.2) is 72.6 Å². The number of hydrogen-bond acceptors (Lipinski definition) is 8. The Bertz CT molecular complexity index is 2050. The van der Waals surface area contributed by atoms with Gasteiger partial charge in [0.2, 0.25) is 11.8 Å². The van der Waals surface area contributed by atoms with E-state index < -0.39 is 24.3 Å². The smallest absolute Gasteiger partial charge is 0.407 e. The van der Waals surface area contributed by atoms with E-state index in [1.807, 2.05) is 52.0 Å². The molecule has 0 spiro atoms. The minimum Gasteiger partial charge on any atom is -0.453 e. The highest BCUT2D eigenvalue weighted by Gasteiger charge is 2.39. The lowest BCUT2D eigenvalue weighted by molar-refractivity contribution is -0.136. The molecule has 1 fully saturated rings. The van der Waals surface area contributed by atoms with Crippen LogP contribution < -0.4 is 10.6 Å². The fourth-order valence-corrected chi connectivity index (χ4v) is 7.40. The van der Waals surface area contributed by atoms with Crippen molar-refractivity contribution < 1.29 is 28.7 Å². The fourth-order valence-electron chi connectivity index (χ4n) is 7.40. The summed E-state index contributed by atoms with van der Waals surface area (Å²) in [4.78, 5) is 71.1. The fraction of sp³-hybridized carbons (Fsp3) is 0.429. The molecule has 4 atom stereocenters. The molecular formula is C42H52N8O6. The normalized spacial score (nSPS) is 17.8. The number of aromatic amines is 2. The molecule has 4 heterocycles. The highest BCUT2D eigenvalue weighted by molar-refractivity contribution is 5.87. The summed E-state index contributed by atoms with van der Waals surface area (Å²) in [6, 6.07) is 14.4. The summed E-state index contributed by atoms with van der Waals surface area (Å²) in [5.74, 6) is 0.802. The van der Waals surface area contributed by atoms with Crippen LogP contribution in [0.3, 0.4) is 0 Å². The summed E-state index contributed by atoms with van der Waals surface area (Å²) in [5, 5.41) is 5.39. The van der Waals surface area contributed by atoms with E-state index >= 15 is 0 Å². The Kier molecular flexibility index (Phi) is 12.3. The number of carbonyl (C=O) groups excluding carboxylic acids is 4. The Labute approximate surface area is 327 Å². The van der Waals surface area contributed by atoms with Crippen molar-refractivity contribution in [1.82, 2.24) is 40.4 Å². The van der Waals surface area contributed by atoms with Crippen molar-refractivity contribution >= 4 is 24.0 Å². The van der Waals surface area contributed by atoms with Crippen LogP contribution in [-0.4, -0.2) is 93.1 Å². The molecule has 0 bridgehead atoms. The molecule has 1 saturated heterocycles. The van der Waals surface area contributed by atoms with Crippen molar-refractivity contribution in [2.75, 3.05) is 27.3 Å². The molecule has 4 N–H and O–H groups in total. The quantitative estimate of drug-likeness (QED) is 0.114. The first-order chi connectivity index (χ1) is 26.9. The molecule has 4 amide bonds. The van der Waals surface area contributed by atoms with Crippen molar-refractivity contribution in [2.45, 2.75) is 78.0 Å². The Morgan fingerprint density at radius 3 is 1.68 bits per heavy atom. The van der Waals surface area contributed by atoms with Gasteiger partial charge in [-0.15, -0.1) is 0 Å². The van der Waals surface area contributed by atoms with Gasteiger partial charge in [0.25, 0.3) is 0 Å². The number of methoxy groups -OCH3 is 2. The summed E-state index contributed by atoms with van der Waals surface area (Å²) in [5.41, 5.74) is 6.84. The number of imidazole rings is 2. The Morgan fingerprint density at radius 2 is 1.20 bits per heavy atom. The lowest BCUT2D eigenvalue weighted by Crippen LogP contribution is -2.51. The second-order valence-corrected chi connectivity index (χ2v) is 15.0. The molecule has 296 valence electrons. The summed E-state index contributed by atoms with van der Waals surface area (Å²) < 4.78 is 9.53. The molecule has 0 saturated carbocycles. The topological polar surface area (TPSA) is 175 Å². The third-order valence-corrected chi connectivity index (χ3v) is 10.7. The van der Waals surface area contributed by atoms with Crippen molar-refractivity contribution in [3.63, 3.8) is 0 Å². The van der Waals surface area contributed by atoms with E-state index in [4.69, 9.17) is 14.5 Å². The summed E-state index contributed by atoms with van der Waals surface area (Å²) in [7, 11) is 2.57. The highest BCUT2D eigenvalue weighted by atomic mass is 16.5. The average Bonchev–Trinajstić information content (AvgIpc) is 4.04. The zero-order valence-corrected chi connectivity index (χ0v) is 33.1. The van der Waals surface area contributed by atoms with Crippen LogP contribution in [0.1, 0.15) is 77.6 Å². The van der Waals surface area contributed by atoms with Gasteiger partial charge in [-0.2, -0.15) is 0 Å². The van der Waals surface area contributed by atoms with Gasteiger partial charge in [-0.3, -0.25) is 9.59 Å². The van der Waals surface area contributed by atoms with Gasteiger partial charge in [0.15, 0.2) is 0 Å². The highest BCUT2D eigenvalue weighted by Crippen LogP contribution is 2.35. The molecular weight excluding hydrogens is 713 g/mol. The first-order valence-corrected chi connectivity index (χ1v) is 19.2. The van der Waals surface area contributed by atoms with E-state index in [9.17, 15) is 19.2 Å². The van der Waals surface area contributed by atoms with Gasteiger partial charge in [0.05, 0.1) is 44.0 Å². The maximum atomic E-state index is 13.7. The molecule has 14 nitrogen and oxygen atoms in total. The first-order valence-electron chi connectivity index (χ1n) is 19.2. The van der Waals surface area contributed by atoms with E-state index in [2.05, 4.69) is 62.9 Å². The SMILES string of the molecule is CCC1=C[C@H](c2ncc(-c3ccc(-c4ccc(-c5cnc([C@@H]6CCCN6C(=O)[C@@H](NC(=O)OC)C(C)C)[nH]5)cc4)cc3)[nH]2)N(C(=O)[C@H](NC(=O)OC)C(C)C)C1. The molecule has 56 heavy (non-hydrogen) atoms. The van der Waals surface area contributed by atoms with E-state index in [0.29, 0.717) is 18.9 Å². The van der Waals surface area contributed by atoms with Crippen molar-refractivity contribution in [3.05, 3.63) is 84.2 Å². The van der Waals surface area contributed by atoms with Gasteiger partial charge >= 0.3 is 12.2 Å². The summed E-state index contributed by atoms with van der Waals surface area (Å²) in [6.07, 6.45) is 6.82. The van der Waals surface area contributed by atoms with Crippen molar-refractivity contribution in [1.29, 1.82) is 0 Å². The second-order valence-electron chi connectivity index (χ2n) is 15.0. The van der Waals surface area contributed by atoms with Crippen molar-refractivity contribution in [2.24, 2.45) is 11.8 Å². The summed E-state index contributed by atoms with van der Waals surface area (Å²) in [6.45, 7) is 10.7. The van der Waals surface area contributed by atoms with Crippen LogP contribution in [0.5, 0.6) is 0 Å². The van der Waals surface area contributed by atoms with Gasteiger partial charge in [0.1, 0.15) is 29.8 Å². The maximum absolute atomic E-state index is 13.7. The molecule has 14 heteroatoms. The van der Waals surface area contributed by atoms with E-state index in [0.717, 1.165) is 64.3 Å². The number of alkyl carbamates (subject to hydrolysis) is 2. The van der Waals surface area contributed by atoms with Crippen LogP contribution in [0.2, 0.25) is 0 Å². The number of nitrogens with one attached hydrogen (secondary N) is 4. The molecule has 6 rings (SSSR count). The van der Waals surface area contributed by atoms with Crippen LogP contribution in [0, 0.1) is 11.8 Å². The maximum Gasteiger partial charge on any atom is 0.407 e. The molecule has 0 radical (unpaired) electrons. The lowest BCUT2D eigenvalue weighted by atomic mass is 10.0. The van der Waals surface area contributed by atoms with Crippen molar-refractivity contribution in [3.8, 4) is 33.6 Å². The minimum absolute atomic E-state index is 0.107. The largest absolute Gasteiger partial charge is 0.453 e. The van der Waals surface area contributed by atoms with Gasteiger partial charge < -0.3 is 39.9 Å². The zero-order valence-electron chi connectivity index (χ0n) is 33.1. The average molecular weight is 765 g/mol. The molecule has 0 unspecified atom stereocenters. The molecule has 0 aliphatic carbocycles. The number of rotatable bonds is 12. The minimum atomic E-state index is -0.732. The second kappa shape index (κ2) is 17.3. The number of ether oxygens (including phenoxy) is 2. The standard InChI is InChI=1S/C42H52N8O6/c1-8-26-20-34(50(23-26)40(52)36(25(4)5)48-42(54)56-7)38-44-22-32(46-38)30-17-13-28(14-18-30)27-11-15-29(16-12-27)31-21-43-37(45-31)33-10-9-19-49(33)39(51)35(24(2)3)47-41(53)55-6/h11-18,20-22,24-25,33-36H,8-10,19,23H2,1-7H3,(H,43,45)(H,44,46)(H,47,53)(H,48,54)/t33-,34+,35-,36+/m0/s1. The molecule has 2 aromatic heterocycles. The lowest BCUT2D eigenvalue weighted by Gasteiger charge is -2.30. The Morgan fingerprint density at radius 1 is 0.732 bits per heavy atom. The van der Waals surface area contributed by atoms with Crippen LogP contribution in [0.25, 0.3) is 33.6 Å². The van der Waals surface area contributed by atoms with Crippen LogP contribution >= 0.6 is 0 Å².